The summed E-state index contributed by atoms with van der Waals surface area (Å²) in [5.74, 6) is -1.58. The number of hydrogen-bond donors (Lipinski definition) is 4. The van der Waals surface area contributed by atoms with Crippen LogP contribution in [0.1, 0.15) is 43.6 Å². The zero-order chi connectivity index (χ0) is 31.1. The predicted molar refractivity (Wildman–Crippen MR) is 169 cm³/mol. The molecule has 12 heteroatoms. The zero-order valence-electron chi connectivity index (χ0n) is 24.0. The number of piperazine rings is 1. The molecule has 4 amide bonds. The van der Waals surface area contributed by atoms with Crippen molar-refractivity contribution in [3.63, 3.8) is 0 Å². The Hall–Kier alpha value is -5.23. The molecular formula is C32H32N6O5S. The summed E-state index contributed by atoms with van der Waals surface area (Å²) in [5.41, 5.74) is 3.50. The maximum Gasteiger partial charge on any atom is 0.323 e. The van der Waals surface area contributed by atoms with Crippen LogP contribution in [0.2, 0.25) is 0 Å². The number of carboxylic acids is 1. The smallest absolute Gasteiger partial charge is 0.323 e. The number of carboxylic acid groups (broad SMARTS) is 1. The van der Waals surface area contributed by atoms with Gasteiger partial charge in [0.15, 0.2) is 0 Å². The molecule has 3 heterocycles. The van der Waals surface area contributed by atoms with E-state index in [0.29, 0.717) is 53.7 Å². The summed E-state index contributed by atoms with van der Waals surface area (Å²) in [7, 11) is 0. The second-order valence-electron chi connectivity index (χ2n) is 10.3. The second kappa shape index (κ2) is 13.8. The lowest BCUT2D eigenvalue weighted by atomic mass is 10.0. The number of amides is 4. The van der Waals surface area contributed by atoms with Gasteiger partial charge in [0.2, 0.25) is 0 Å². The average Bonchev–Trinajstić information content (AvgIpc) is 3.56. The van der Waals surface area contributed by atoms with Crippen molar-refractivity contribution in [1.29, 1.82) is 0 Å². The molecular weight excluding hydrogens is 580 g/mol. The van der Waals surface area contributed by atoms with Crippen LogP contribution in [0.4, 0.5) is 21.9 Å². The van der Waals surface area contributed by atoms with E-state index >= 15 is 0 Å². The highest BCUT2D eigenvalue weighted by Crippen LogP contribution is 2.30. The quantitative estimate of drug-likeness (QED) is 0.208. The topological polar surface area (TPSA) is 144 Å². The van der Waals surface area contributed by atoms with Gasteiger partial charge in [-0.05, 0) is 65.9 Å². The number of aryl methyl sites for hydroxylation is 1. The molecule has 0 radical (unpaired) electrons. The van der Waals surface area contributed by atoms with Gasteiger partial charge >= 0.3 is 12.0 Å². The molecule has 1 atom stereocenters. The summed E-state index contributed by atoms with van der Waals surface area (Å²) >= 11 is 1.41. The number of carbonyl (C=O) groups is 4. The van der Waals surface area contributed by atoms with Crippen LogP contribution in [0.25, 0.3) is 0 Å². The summed E-state index contributed by atoms with van der Waals surface area (Å²) in [5, 5.41) is 19.8. The van der Waals surface area contributed by atoms with Gasteiger partial charge < -0.3 is 30.9 Å². The first-order valence-electron chi connectivity index (χ1n) is 14.1. The lowest BCUT2D eigenvalue weighted by Gasteiger charge is -2.37. The van der Waals surface area contributed by atoms with Crippen LogP contribution in [0, 0.1) is 6.92 Å². The number of urea groups is 1. The van der Waals surface area contributed by atoms with Gasteiger partial charge in [-0.15, -0.1) is 11.3 Å². The van der Waals surface area contributed by atoms with E-state index in [0.717, 1.165) is 5.56 Å². The van der Waals surface area contributed by atoms with Crippen molar-refractivity contribution in [2.24, 2.45) is 0 Å². The third-order valence-electron chi connectivity index (χ3n) is 7.19. The van der Waals surface area contributed by atoms with E-state index in [1.807, 2.05) is 47.5 Å². The molecule has 2 aromatic carbocycles. The minimum atomic E-state index is -1.07. The average molecular weight is 613 g/mol. The molecule has 1 fully saturated rings. The molecule has 44 heavy (non-hydrogen) atoms. The molecule has 1 unspecified atom stereocenters. The van der Waals surface area contributed by atoms with Crippen LogP contribution in [-0.2, 0) is 4.79 Å². The Labute approximate surface area is 258 Å². The normalized spacial score (nSPS) is 13.6. The fraction of sp³-hybridized carbons (Fsp3) is 0.219. The summed E-state index contributed by atoms with van der Waals surface area (Å²) in [6.07, 6.45) is 2.76. The van der Waals surface area contributed by atoms with Crippen LogP contribution >= 0.6 is 11.3 Å². The number of nitrogens with one attached hydrogen (secondary N) is 3. The Morgan fingerprint density at radius 3 is 2.45 bits per heavy atom. The zero-order valence-corrected chi connectivity index (χ0v) is 24.8. The first kappa shape index (κ1) is 30.2. The standard InChI is InChI=1S/C32H32N6O5S/c1-21-5-2-7-24(17-21)34-32(43)36-26-18-22(30(41)35-25(19-29(39)40)23-6-3-11-33-20-23)9-10-27(26)37-12-14-38(15-13-37)31(42)28-8-4-16-44-28/h2-11,16-18,20,25H,12-15,19H2,1H3,(H,35,41)(H,39,40)(H2,34,36,43). The molecule has 0 spiro atoms. The fourth-order valence-corrected chi connectivity index (χ4v) is 5.71. The molecule has 226 valence electrons. The van der Waals surface area contributed by atoms with Gasteiger partial charge in [-0.2, -0.15) is 0 Å². The van der Waals surface area contributed by atoms with Crippen LogP contribution in [0.5, 0.6) is 0 Å². The lowest BCUT2D eigenvalue weighted by molar-refractivity contribution is -0.137. The first-order chi connectivity index (χ1) is 21.3. The monoisotopic (exact) mass is 612 g/mol. The van der Waals surface area contributed by atoms with Gasteiger partial charge in [0, 0.05) is 49.8 Å². The van der Waals surface area contributed by atoms with Gasteiger partial charge in [0.25, 0.3) is 11.8 Å². The molecule has 1 aliphatic rings. The van der Waals surface area contributed by atoms with E-state index in [1.54, 1.807) is 42.6 Å². The number of hydrogen-bond acceptors (Lipinski definition) is 7. The third kappa shape index (κ3) is 7.58. The molecule has 0 aliphatic carbocycles. The summed E-state index contributed by atoms with van der Waals surface area (Å²) in [6.45, 7) is 3.97. The number of aliphatic carboxylic acids is 1. The SMILES string of the molecule is Cc1cccc(NC(=O)Nc2cc(C(=O)NC(CC(=O)O)c3cccnc3)ccc2N2CCN(C(=O)c3cccs3)CC2)c1. The van der Waals surface area contributed by atoms with Crippen molar-refractivity contribution in [3.05, 3.63) is 106 Å². The number of anilines is 3. The second-order valence-corrected chi connectivity index (χ2v) is 11.3. The molecule has 11 nitrogen and oxygen atoms in total. The Balaban J connectivity index is 1.37. The number of nitrogens with zero attached hydrogens (tertiary/aromatic N) is 3. The number of pyridine rings is 1. The molecule has 1 aliphatic heterocycles. The summed E-state index contributed by atoms with van der Waals surface area (Å²) < 4.78 is 0. The molecule has 4 N–H and O–H groups in total. The number of benzene rings is 2. The Kier molecular flexibility index (Phi) is 9.50. The summed E-state index contributed by atoms with van der Waals surface area (Å²) in [4.78, 5) is 59.5. The maximum atomic E-state index is 13.4. The molecule has 5 rings (SSSR count). The predicted octanol–water partition coefficient (Wildman–Crippen LogP) is 5.00. The minimum Gasteiger partial charge on any atom is -0.481 e. The molecule has 0 bridgehead atoms. The van der Waals surface area contributed by atoms with E-state index in [4.69, 9.17) is 0 Å². The van der Waals surface area contributed by atoms with Crippen LogP contribution in [0.3, 0.4) is 0 Å². The highest BCUT2D eigenvalue weighted by molar-refractivity contribution is 7.12. The molecule has 0 saturated carbocycles. The van der Waals surface area contributed by atoms with E-state index in [1.165, 1.54) is 17.5 Å². The lowest BCUT2D eigenvalue weighted by Crippen LogP contribution is -2.48. The van der Waals surface area contributed by atoms with Crippen LogP contribution in [-0.4, -0.2) is 65.0 Å². The number of rotatable bonds is 9. The van der Waals surface area contributed by atoms with E-state index in [2.05, 4.69) is 25.8 Å². The summed E-state index contributed by atoms with van der Waals surface area (Å²) in [6, 6.07) is 18.1. The van der Waals surface area contributed by atoms with Crippen LogP contribution in [0.15, 0.2) is 84.5 Å². The van der Waals surface area contributed by atoms with E-state index < -0.39 is 23.9 Å². The molecule has 2 aromatic heterocycles. The van der Waals surface area contributed by atoms with Gasteiger partial charge in [0.05, 0.1) is 28.7 Å². The maximum absolute atomic E-state index is 13.4. The fourth-order valence-electron chi connectivity index (χ4n) is 5.02. The Morgan fingerprint density at radius 1 is 0.955 bits per heavy atom. The van der Waals surface area contributed by atoms with Crippen molar-refractivity contribution >= 4 is 52.2 Å². The number of aromatic nitrogens is 1. The number of thiophene rings is 1. The Bertz CT molecular complexity index is 1640. The van der Waals surface area contributed by atoms with Crippen molar-refractivity contribution in [2.75, 3.05) is 41.7 Å². The van der Waals surface area contributed by atoms with Gasteiger partial charge in [-0.1, -0.05) is 24.3 Å². The number of carbonyl (C=O) groups excluding carboxylic acids is 3. The van der Waals surface area contributed by atoms with Gasteiger partial charge in [-0.3, -0.25) is 19.4 Å². The van der Waals surface area contributed by atoms with Crippen molar-refractivity contribution in [1.82, 2.24) is 15.2 Å². The van der Waals surface area contributed by atoms with Gasteiger partial charge in [-0.25, -0.2) is 4.79 Å². The first-order valence-corrected chi connectivity index (χ1v) is 14.9. The highest BCUT2D eigenvalue weighted by Gasteiger charge is 2.26. The highest BCUT2D eigenvalue weighted by atomic mass is 32.1. The Morgan fingerprint density at radius 2 is 1.77 bits per heavy atom. The molecule has 1 saturated heterocycles. The third-order valence-corrected chi connectivity index (χ3v) is 8.05. The van der Waals surface area contributed by atoms with Gasteiger partial charge in [0.1, 0.15) is 0 Å². The van der Waals surface area contributed by atoms with E-state index in [-0.39, 0.29) is 17.9 Å². The van der Waals surface area contributed by atoms with E-state index in [9.17, 15) is 24.3 Å². The minimum absolute atomic E-state index is 0.00733. The van der Waals surface area contributed by atoms with Crippen molar-refractivity contribution < 1.29 is 24.3 Å². The largest absolute Gasteiger partial charge is 0.481 e. The molecule has 4 aromatic rings. The van der Waals surface area contributed by atoms with Crippen LogP contribution < -0.4 is 20.9 Å². The van der Waals surface area contributed by atoms with Crippen molar-refractivity contribution in [3.8, 4) is 0 Å². The van der Waals surface area contributed by atoms with Crippen molar-refractivity contribution in [2.45, 2.75) is 19.4 Å².